The van der Waals surface area contributed by atoms with Gasteiger partial charge in [-0.3, -0.25) is 0 Å². The highest BCUT2D eigenvalue weighted by molar-refractivity contribution is 7.80. The lowest BCUT2D eigenvalue weighted by atomic mass is 9.84. The first-order valence-electron chi connectivity index (χ1n) is 4.42. The van der Waals surface area contributed by atoms with Crippen molar-refractivity contribution in [1.82, 2.24) is 0 Å². The Morgan fingerprint density at radius 1 is 1.44 bits per heavy atom. The third kappa shape index (κ3) is 2.45. The number of hydrogen-bond donors (Lipinski definition) is 1. The Bertz CT molecular complexity index is 346. The van der Waals surface area contributed by atoms with Gasteiger partial charge in [-0.2, -0.15) is 13.2 Å². The van der Waals surface area contributed by atoms with Crippen LogP contribution in [0.4, 0.5) is 22.0 Å². The summed E-state index contributed by atoms with van der Waals surface area (Å²) in [5.41, 5.74) is -1.81. The van der Waals surface area contributed by atoms with Gasteiger partial charge in [-0.1, -0.05) is 12.2 Å². The molecule has 0 saturated carbocycles. The van der Waals surface area contributed by atoms with E-state index in [-0.39, 0.29) is 12.1 Å². The largest absolute Gasteiger partial charge is 0.415 e. The van der Waals surface area contributed by atoms with Crippen molar-refractivity contribution in [3.05, 3.63) is 11.4 Å². The van der Waals surface area contributed by atoms with E-state index in [9.17, 15) is 22.0 Å². The molecular formula is C9H8F5NS. The zero-order chi connectivity index (χ0) is 12.5. The summed E-state index contributed by atoms with van der Waals surface area (Å²) in [6, 6.07) is 0. The molecule has 0 heterocycles. The molecule has 90 valence electrons. The summed E-state index contributed by atoms with van der Waals surface area (Å²) in [5, 5.41) is 8.05. The normalized spacial score (nSPS) is 26.8. The maximum absolute atomic E-state index is 13.3. The van der Waals surface area contributed by atoms with Crippen LogP contribution in [0.5, 0.6) is 0 Å². The number of thiocarbonyl (C=S) groups is 1. The molecule has 0 saturated heterocycles. The molecule has 0 spiro atoms. The van der Waals surface area contributed by atoms with Gasteiger partial charge >= 0.3 is 6.18 Å². The number of rotatable bonds is 2. The van der Waals surface area contributed by atoms with Gasteiger partial charge in [0.25, 0.3) is 0 Å². The Kier molecular flexibility index (Phi) is 3.77. The summed E-state index contributed by atoms with van der Waals surface area (Å²) < 4.78 is 63.1. The SMILES string of the molecule is N=C(C=S)C1CCC(C(F)(F)F)=C(F)C1F. The second kappa shape index (κ2) is 4.57. The van der Waals surface area contributed by atoms with Gasteiger partial charge in [0.15, 0.2) is 6.17 Å². The van der Waals surface area contributed by atoms with Crippen molar-refractivity contribution in [2.45, 2.75) is 25.2 Å². The van der Waals surface area contributed by atoms with Crippen molar-refractivity contribution in [1.29, 1.82) is 5.41 Å². The molecule has 2 unspecified atom stereocenters. The predicted molar refractivity (Wildman–Crippen MR) is 53.2 cm³/mol. The Balaban J connectivity index is 3.01. The molecule has 1 rings (SSSR count). The van der Waals surface area contributed by atoms with Gasteiger partial charge in [0, 0.05) is 17.0 Å². The highest BCUT2D eigenvalue weighted by Crippen LogP contribution is 2.41. The molecule has 0 aromatic carbocycles. The zero-order valence-electron chi connectivity index (χ0n) is 7.94. The van der Waals surface area contributed by atoms with Gasteiger partial charge in [0.2, 0.25) is 0 Å². The van der Waals surface area contributed by atoms with Crippen LogP contribution in [0.2, 0.25) is 0 Å². The average molecular weight is 257 g/mol. The minimum Gasteiger partial charge on any atom is -0.304 e. The maximum Gasteiger partial charge on any atom is 0.415 e. The van der Waals surface area contributed by atoms with Crippen molar-refractivity contribution < 1.29 is 22.0 Å². The van der Waals surface area contributed by atoms with Crippen LogP contribution in [0.25, 0.3) is 0 Å². The molecule has 2 atom stereocenters. The summed E-state index contributed by atoms with van der Waals surface area (Å²) >= 11 is 4.37. The first-order valence-corrected chi connectivity index (χ1v) is 4.89. The van der Waals surface area contributed by atoms with E-state index in [4.69, 9.17) is 5.41 Å². The van der Waals surface area contributed by atoms with E-state index in [1.54, 1.807) is 0 Å². The maximum atomic E-state index is 13.3. The van der Waals surface area contributed by atoms with Crippen LogP contribution in [0.1, 0.15) is 12.8 Å². The lowest BCUT2D eigenvalue weighted by Crippen LogP contribution is -2.32. The highest BCUT2D eigenvalue weighted by Gasteiger charge is 2.44. The van der Waals surface area contributed by atoms with Crippen LogP contribution < -0.4 is 0 Å². The van der Waals surface area contributed by atoms with Gasteiger partial charge in [-0.25, -0.2) is 8.78 Å². The number of alkyl halides is 4. The Morgan fingerprint density at radius 3 is 2.44 bits per heavy atom. The van der Waals surface area contributed by atoms with E-state index in [1.165, 1.54) is 0 Å². The van der Waals surface area contributed by atoms with Crippen LogP contribution in [0.3, 0.4) is 0 Å². The lowest BCUT2D eigenvalue weighted by Gasteiger charge is -2.27. The molecule has 16 heavy (non-hydrogen) atoms. The second-order valence-corrected chi connectivity index (χ2v) is 3.68. The third-order valence-corrected chi connectivity index (χ3v) is 2.71. The fourth-order valence-electron chi connectivity index (χ4n) is 1.59. The number of allylic oxidation sites excluding steroid dienone is 2. The van der Waals surface area contributed by atoms with Gasteiger partial charge in [-0.15, -0.1) is 0 Å². The summed E-state index contributed by atoms with van der Waals surface area (Å²) in [7, 11) is 0. The van der Waals surface area contributed by atoms with E-state index < -0.39 is 36.1 Å². The van der Waals surface area contributed by atoms with E-state index in [1.807, 2.05) is 0 Å². The second-order valence-electron chi connectivity index (χ2n) is 3.44. The van der Waals surface area contributed by atoms with E-state index in [2.05, 4.69) is 12.2 Å². The van der Waals surface area contributed by atoms with Crippen molar-refractivity contribution in [3.8, 4) is 0 Å². The van der Waals surface area contributed by atoms with Crippen LogP contribution in [-0.2, 0) is 0 Å². The molecule has 7 heteroatoms. The molecule has 0 bridgehead atoms. The standard InChI is InChI=1S/C9H8F5NS/c10-7-4(6(15)3-16)1-2-5(8(7)11)9(12,13)14/h3-4,7,15H,1-2H2. The number of halogens is 5. The Hall–Kier alpha value is -0.850. The quantitative estimate of drug-likeness (QED) is 0.456. The first-order chi connectivity index (χ1) is 7.29. The topological polar surface area (TPSA) is 23.9 Å². The fourth-order valence-corrected chi connectivity index (χ4v) is 1.76. The highest BCUT2D eigenvalue weighted by atomic mass is 32.1. The van der Waals surface area contributed by atoms with Gasteiger partial charge in [0.05, 0.1) is 5.57 Å². The Labute approximate surface area is 93.8 Å². The molecule has 0 aliphatic heterocycles. The molecule has 0 amide bonds. The van der Waals surface area contributed by atoms with Crippen LogP contribution in [0, 0.1) is 11.3 Å². The van der Waals surface area contributed by atoms with Crippen LogP contribution >= 0.6 is 12.2 Å². The van der Waals surface area contributed by atoms with E-state index in [0.29, 0.717) is 0 Å². The van der Waals surface area contributed by atoms with Gasteiger partial charge < -0.3 is 5.41 Å². The van der Waals surface area contributed by atoms with Crippen LogP contribution in [0.15, 0.2) is 11.4 Å². The molecule has 1 N–H and O–H groups in total. The molecule has 0 aromatic rings. The first kappa shape index (κ1) is 13.2. The molecule has 1 nitrogen and oxygen atoms in total. The van der Waals surface area contributed by atoms with Gasteiger partial charge in [0.1, 0.15) is 5.83 Å². The summed E-state index contributed by atoms with van der Waals surface area (Å²) in [5.74, 6) is -3.02. The lowest BCUT2D eigenvalue weighted by molar-refractivity contribution is -0.0990. The predicted octanol–water partition coefficient (Wildman–Crippen LogP) is 3.54. The molecule has 1 aliphatic carbocycles. The number of nitrogens with one attached hydrogen (secondary N) is 1. The van der Waals surface area contributed by atoms with Crippen molar-refractivity contribution in [2.24, 2.45) is 5.92 Å². The summed E-state index contributed by atoms with van der Waals surface area (Å²) in [4.78, 5) is 0. The number of hydrogen-bond acceptors (Lipinski definition) is 2. The molecule has 1 aliphatic rings. The smallest absolute Gasteiger partial charge is 0.304 e. The third-order valence-electron chi connectivity index (χ3n) is 2.46. The van der Waals surface area contributed by atoms with Gasteiger partial charge in [-0.05, 0) is 12.8 Å². The molecule has 0 fully saturated rings. The molecule has 0 radical (unpaired) electrons. The monoisotopic (exact) mass is 257 g/mol. The van der Waals surface area contributed by atoms with E-state index in [0.717, 1.165) is 5.37 Å². The van der Waals surface area contributed by atoms with Crippen molar-refractivity contribution >= 4 is 23.3 Å². The fraction of sp³-hybridized carbons (Fsp3) is 0.556. The molecule has 0 aromatic heterocycles. The summed E-state index contributed by atoms with van der Waals surface area (Å²) in [6.45, 7) is 0. The molecular weight excluding hydrogens is 249 g/mol. The van der Waals surface area contributed by atoms with Crippen LogP contribution in [-0.4, -0.2) is 23.4 Å². The minimum absolute atomic E-state index is 0.255. The zero-order valence-corrected chi connectivity index (χ0v) is 8.76. The summed E-state index contributed by atoms with van der Waals surface area (Å²) in [6.07, 6.45) is -8.14. The Morgan fingerprint density at radius 2 is 2.00 bits per heavy atom. The van der Waals surface area contributed by atoms with Crippen molar-refractivity contribution in [2.75, 3.05) is 0 Å². The van der Waals surface area contributed by atoms with E-state index >= 15 is 0 Å². The van der Waals surface area contributed by atoms with Crippen molar-refractivity contribution in [3.63, 3.8) is 0 Å². The average Bonchev–Trinajstić information content (AvgIpc) is 2.19. The minimum atomic E-state index is -4.85.